The minimum Gasteiger partial charge on any atom is -0.394 e. The zero-order chi connectivity index (χ0) is 55.4. The number of aliphatic hydroxyl groups excluding tert-OH is 4. The molecule has 0 aromatic carbocycles. The molecule has 0 spiro atoms. The average Bonchev–Trinajstić information content (AvgIpc) is 3.40. The summed E-state index contributed by atoms with van der Waals surface area (Å²) in [6, 6.07) is -0.858. The molecule has 7 unspecified atom stereocenters. The monoisotopic (exact) mass is 1100 g/mol. The number of unbranched alkanes of at least 4 members (excludes halogenated alkanes) is 44. The van der Waals surface area contributed by atoms with E-state index in [9.17, 15) is 38.2 Å². The zero-order valence-corrected chi connectivity index (χ0v) is 50.2. The fourth-order valence-corrected chi connectivity index (χ4v) is 11.3. The van der Waals surface area contributed by atoms with E-state index in [-0.39, 0.29) is 12.5 Å². The van der Waals surface area contributed by atoms with E-state index in [0.717, 1.165) is 51.4 Å². The summed E-state index contributed by atoms with van der Waals surface area (Å²) in [6.45, 7) is 3.52. The first-order valence-electron chi connectivity index (χ1n) is 32.6. The molecule has 7 atom stereocenters. The van der Waals surface area contributed by atoms with E-state index in [2.05, 4.69) is 35.5 Å². The largest absolute Gasteiger partial charge is 0.397 e. The molecule has 452 valence electrons. The molecule has 1 fully saturated rings. The number of amides is 1. The molecule has 1 saturated heterocycles. The van der Waals surface area contributed by atoms with E-state index in [1.54, 1.807) is 0 Å². The van der Waals surface area contributed by atoms with Crippen molar-refractivity contribution in [2.45, 2.75) is 371 Å². The number of allylic oxidation sites excluding steroid dienone is 2. The van der Waals surface area contributed by atoms with Crippen molar-refractivity contribution < 1.29 is 51.8 Å². The Morgan fingerprint density at radius 1 is 0.513 bits per heavy atom. The summed E-state index contributed by atoms with van der Waals surface area (Å²) in [6.07, 6.45) is 56.6. The number of aliphatic hydroxyl groups is 4. The van der Waals surface area contributed by atoms with Crippen LogP contribution in [0, 0.1) is 0 Å². The Hall–Kier alpha value is -1.16. The van der Waals surface area contributed by atoms with Gasteiger partial charge in [-0.15, -0.1) is 0 Å². The van der Waals surface area contributed by atoms with Crippen LogP contribution in [0.5, 0.6) is 0 Å². The lowest BCUT2D eigenvalue weighted by molar-refractivity contribution is -0.298. The molecule has 1 aliphatic rings. The lowest BCUT2D eigenvalue weighted by atomic mass is 9.99. The molecule has 13 heteroatoms. The van der Waals surface area contributed by atoms with Gasteiger partial charge < -0.3 is 35.2 Å². The van der Waals surface area contributed by atoms with Gasteiger partial charge in [-0.05, 0) is 38.5 Å². The Kier molecular flexibility index (Phi) is 51.0. The maximum atomic E-state index is 13.2. The predicted molar refractivity (Wildman–Crippen MR) is 315 cm³/mol. The number of rotatable bonds is 58. The van der Waals surface area contributed by atoms with Crippen LogP contribution in [0.4, 0.5) is 0 Å². The topological polar surface area (TPSA) is 192 Å². The van der Waals surface area contributed by atoms with E-state index in [0.29, 0.717) is 12.8 Å². The first-order chi connectivity index (χ1) is 37.0. The van der Waals surface area contributed by atoms with Gasteiger partial charge in [0.1, 0.15) is 24.4 Å². The maximum Gasteiger partial charge on any atom is 0.397 e. The highest BCUT2D eigenvalue weighted by molar-refractivity contribution is 7.80. The Bertz CT molecular complexity index is 1390. The molecule has 0 saturated carbocycles. The third kappa shape index (κ3) is 44.6. The molecule has 0 radical (unpaired) electrons. The van der Waals surface area contributed by atoms with Crippen molar-refractivity contribution in [3.63, 3.8) is 0 Å². The van der Waals surface area contributed by atoms with Crippen LogP contribution in [0.25, 0.3) is 0 Å². The molecule has 12 nitrogen and oxygen atoms in total. The Labute approximate surface area is 468 Å². The van der Waals surface area contributed by atoms with Gasteiger partial charge in [-0.2, -0.15) is 8.42 Å². The van der Waals surface area contributed by atoms with Gasteiger partial charge >= 0.3 is 10.4 Å². The van der Waals surface area contributed by atoms with Gasteiger partial charge in [0.2, 0.25) is 5.91 Å². The van der Waals surface area contributed by atoms with Crippen LogP contribution in [0.15, 0.2) is 12.2 Å². The van der Waals surface area contributed by atoms with Crippen LogP contribution in [0.2, 0.25) is 0 Å². The van der Waals surface area contributed by atoms with E-state index in [1.165, 1.54) is 250 Å². The normalized spacial score (nSPS) is 19.0. The van der Waals surface area contributed by atoms with Crippen molar-refractivity contribution in [3.8, 4) is 0 Å². The fourth-order valence-electron chi connectivity index (χ4n) is 10.8. The summed E-state index contributed by atoms with van der Waals surface area (Å²) >= 11 is 0. The second-order valence-electron chi connectivity index (χ2n) is 23.1. The highest BCUT2D eigenvalue weighted by atomic mass is 32.3. The van der Waals surface area contributed by atoms with Gasteiger partial charge in [-0.25, -0.2) is 4.18 Å². The van der Waals surface area contributed by atoms with E-state index in [1.807, 2.05) is 0 Å². The highest BCUT2D eigenvalue weighted by Gasteiger charge is 2.48. The Balaban J connectivity index is 2.29. The minimum absolute atomic E-state index is 0.225. The predicted octanol–water partition coefficient (Wildman–Crippen LogP) is 16.2. The Morgan fingerprint density at radius 2 is 0.842 bits per heavy atom. The van der Waals surface area contributed by atoms with Crippen molar-refractivity contribution in [3.05, 3.63) is 12.2 Å². The quantitative estimate of drug-likeness (QED) is 0.0193. The van der Waals surface area contributed by atoms with Crippen LogP contribution < -0.4 is 5.32 Å². The van der Waals surface area contributed by atoms with E-state index >= 15 is 0 Å². The first-order valence-corrected chi connectivity index (χ1v) is 33.9. The molecule has 76 heavy (non-hydrogen) atoms. The van der Waals surface area contributed by atoms with Crippen LogP contribution in [-0.4, -0.2) is 95.4 Å². The lowest BCUT2D eigenvalue weighted by Gasteiger charge is -2.41. The van der Waals surface area contributed by atoms with E-state index < -0.39 is 59.9 Å². The molecule has 1 aliphatic heterocycles. The van der Waals surface area contributed by atoms with Crippen LogP contribution in [-0.2, 0) is 28.9 Å². The number of hydrogen-bond donors (Lipinski definition) is 6. The van der Waals surface area contributed by atoms with Gasteiger partial charge in [0, 0.05) is 6.42 Å². The summed E-state index contributed by atoms with van der Waals surface area (Å²) in [5.74, 6) is -0.225. The average molecular weight is 1100 g/mol. The molecular formula is C63H123NO11S. The standard InChI is InChI=1S/C63H123NO11S/c1-3-5-7-9-11-13-15-17-19-21-23-25-27-29-31-33-35-37-39-41-43-45-47-49-51-53-59(67)64-56(55-73-63-61(69)62(75-76(70,71)72)60(68)58(54-65)74-63)57(66)52-50-48-46-44-42-40-38-36-34-32-30-28-26-24-22-20-18-16-14-12-10-8-6-4-2/h29,31,56-58,60-63,65-66,68-69H,3-28,30,32-55H2,1-2H3,(H,64,67)(H,70,71,72)/b31-29-. The Morgan fingerprint density at radius 3 is 1.18 bits per heavy atom. The number of hydrogen-bond acceptors (Lipinski definition) is 10. The summed E-state index contributed by atoms with van der Waals surface area (Å²) in [5.41, 5.74) is 0. The van der Waals surface area contributed by atoms with Gasteiger partial charge in [-0.1, -0.05) is 296 Å². The number of nitrogens with one attached hydrogen (secondary N) is 1. The molecule has 0 aliphatic carbocycles. The first kappa shape index (κ1) is 72.9. The van der Waals surface area contributed by atoms with E-state index in [4.69, 9.17) is 9.47 Å². The smallest absolute Gasteiger partial charge is 0.394 e. The van der Waals surface area contributed by atoms with Gasteiger partial charge in [-0.3, -0.25) is 9.35 Å². The summed E-state index contributed by atoms with van der Waals surface area (Å²) in [7, 11) is -5.08. The third-order valence-corrected chi connectivity index (χ3v) is 16.3. The van der Waals surface area contributed by atoms with Crippen LogP contribution in [0.1, 0.15) is 328 Å². The summed E-state index contributed by atoms with van der Waals surface area (Å²) in [5, 5.41) is 45.3. The van der Waals surface area contributed by atoms with Crippen molar-refractivity contribution in [1.29, 1.82) is 0 Å². The van der Waals surface area contributed by atoms with Crippen molar-refractivity contribution in [2.24, 2.45) is 0 Å². The van der Waals surface area contributed by atoms with Gasteiger partial charge in [0.05, 0.1) is 25.4 Å². The molecule has 0 bridgehead atoms. The SMILES string of the molecule is CCCCCCCCCCCCCC/C=C\CCCCCCCCCCCC(=O)NC(COC1OC(CO)C(O)C(OS(=O)(=O)O)C1O)C(O)CCCCCCCCCCCCCCCCCCCCCCCCCC. The molecule has 0 aromatic rings. The number of carbonyl (C=O) groups excluding carboxylic acids is 1. The molecule has 0 aromatic heterocycles. The van der Waals surface area contributed by atoms with Crippen molar-refractivity contribution >= 4 is 16.3 Å². The molecule has 6 N–H and O–H groups in total. The van der Waals surface area contributed by atoms with Gasteiger partial charge in [0.15, 0.2) is 6.29 Å². The number of carbonyl (C=O) groups is 1. The lowest BCUT2D eigenvalue weighted by Crippen LogP contribution is -2.61. The second kappa shape index (κ2) is 53.2. The maximum absolute atomic E-state index is 13.2. The molecule has 1 amide bonds. The molecule has 1 heterocycles. The summed E-state index contributed by atoms with van der Waals surface area (Å²) in [4.78, 5) is 13.2. The third-order valence-electron chi connectivity index (χ3n) is 15.8. The zero-order valence-electron chi connectivity index (χ0n) is 49.4. The van der Waals surface area contributed by atoms with Gasteiger partial charge in [0.25, 0.3) is 0 Å². The molecular weight excluding hydrogens is 979 g/mol. The van der Waals surface area contributed by atoms with Crippen molar-refractivity contribution in [1.82, 2.24) is 5.32 Å². The highest BCUT2D eigenvalue weighted by Crippen LogP contribution is 2.26. The second-order valence-corrected chi connectivity index (χ2v) is 24.1. The van der Waals surface area contributed by atoms with Crippen LogP contribution >= 0.6 is 0 Å². The number of ether oxygens (including phenoxy) is 2. The molecule has 1 rings (SSSR count). The van der Waals surface area contributed by atoms with Crippen molar-refractivity contribution in [2.75, 3.05) is 13.2 Å². The summed E-state index contributed by atoms with van der Waals surface area (Å²) < 4.78 is 48.1. The minimum atomic E-state index is -5.08. The van der Waals surface area contributed by atoms with Crippen LogP contribution in [0.3, 0.4) is 0 Å². The fraction of sp³-hybridized carbons (Fsp3) is 0.952.